The third kappa shape index (κ3) is 3.15. The Balaban J connectivity index is 2.30. The molecule has 0 bridgehead atoms. The van der Waals surface area contributed by atoms with Gasteiger partial charge in [0.05, 0.1) is 31.1 Å². The first-order valence-electron chi connectivity index (χ1n) is 7.65. The van der Waals surface area contributed by atoms with Crippen molar-refractivity contribution in [2.45, 2.75) is 51.8 Å². The molecular weight excluding hydrogens is 254 g/mol. The minimum atomic E-state index is 0.131. The molecule has 0 radical (unpaired) electrons. The second-order valence-corrected chi connectivity index (χ2v) is 5.35. The van der Waals surface area contributed by atoms with E-state index in [9.17, 15) is 0 Å². The highest BCUT2D eigenvalue weighted by Crippen LogP contribution is 2.41. The molecule has 0 aromatic carbocycles. The van der Waals surface area contributed by atoms with Gasteiger partial charge in [0.1, 0.15) is 0 Å². The van der Waals surface area contributed by atoms with Crippen LogP contribution < -0.4 is 10.1 Å². The number of nitrogens with zero attached hydrogens (tertiary/aromatic N) is 2. The molecule has 2 unspecified atom stereocenters. The molecule has 1 aliphatic carbocycles. The Bertz CT molecular complexity index is 415. The molecule has 20 heavy (non-hydrogen) atoms. The SMILES string of the molecule is CCCn1ncc(OC)c1C(NC)C(OCC)C1CC1. The van der Waals surface area contributed by atoms with E-state index in [0.717, 1.165) is 31.0 Å². The predicted octanol–water partition coefficient (Wildman–Crippen LogP) is 2.38. The summed E-state index contributed by atoms with van der Waals surface area (Å²) in [5.41, 5.74) is 1.11. The van der Waals surface area contributed by atoms with Gasteiger partial charge in [-0.2, -0.15) is 5.10 Å². The van der Waals surface area contributed by atoms with E-state index < -0.39 is 0 Å². The molecule has 1 aromatic heterocycles. The summed E-state index contributed by atoms with van der Waals surface area (Å²) in [6.45, 7) is 5.86. The second-order valence-electron chi connectivity index (χ2n) is 5.35. The van der Waals surface area contributed by atoms with Crippen LogP contribution in [0.25, 0.3) is 0 Å². The van der Waals surface area contributed by atoms with E-state index in [1.54, 1.807) is 7.11 Å². The van der Waals surface area contributed by atoms with Gasteiger partial charge in [-0.15, -0.1) is 0 Å². The average molecular weight is 281 g/mol. The molecule has 5 nitrogen and oxygen atoms in total. The number of aryl methyl sites for hydroxylation is 1. The van der Waals surface area contributed by atoms with Crippen LogP contribution in [0.3, 0.4) is 0 Å². The number of hydrogen-bond donors (Lipinski definition) is 1. The van der Waals surface area contributed by atoms with Gasteiger partial charge in [0.15, 0.2) is 5.75 Å². The molecule has 1 saturated carbocycles. The van der Waals surface area contributed by atoms with Gasteiger partial charge in [-0.25, -0.2) is 0 Å². The number of methoxy groups -OCH3 is 1. The summed E-state index contributed by atoms with van der Waals surface area (Å²) in [7, 11) is 3.69. The number of likely N-dealkylation sites (N-methyl/N-ethyl adjacent to an activating group) is 1. The first kappa shape index (κ1) is 15.3. The fraction of sp³-hybridized carbons (Fsp3) is 0.800. The Morgan fingerprint density at radius 2 is 2.20 bits per heavy atom. The number of rotatable bonds is 9. The molecule has 1 heterocycles. The largest absolute Gasteiger partial charge is 0.493 e. The molecule has 1 fully saturated rings. The quantitative estimate of drug-likeness (QED) is 0.755. The Morgan fingerprint density at radius 3 is 2.70 bits per heavy atom. The zero-order valence-electron chi connectivity index (χ0n) is 13.1. The molecule has 1 aliphatic rings. The highest BCUT2D eigenvalue weighted by molar-refractivity contribution is 5.29. The highest BCUT2D eigenvalue weighted by Gasteiger charge is 2.39. The van der Waals surface area contributed by atoms with Crippen LogP contribution in [-0.4, -0.2) is 36.6 Å². The summed E-state index contributed by atoms with van der Waals surface area (Å²) < 4.78 is 13.6. The molecule has 0 aliphatic heterocycles. The minimum absolute atomic E-state index is 0.131. The highest BCUT2D eigenvalue weighted by atomic mass is 16.5. The lowest BCUT2D eigenvalue weighted by Crippen LogP contribution is -2.35. The normalized spacial score (nSPS) is 18.0. The van der Waals surface area contributed by atoms with Crippen molar-refractivity contribution < 1.29 is 9.47 Å². The van der Waals surface area contributed by atoms with E-state index in [1.165, 1.54) is 12.8 Å². The lowest BCUT2D eigenvalue weighted by molar-refractivity contribution is 0.0177. The Labute approximate surface area is 121 Å². The van der Waals surface area contributed by atoms with Gasteiger partial charge in [-0.1, -0.05) is 6.92 Å². The van der Waals surface area contributed by atoms with Crippen molar-refractivity contribution in [3.8, 4) is 5.75 Å². The number of aromatic nitrogens is 2. The smallest absolute Gasteiger partial charge is 0.161 e. The molecule has 2 rings (SSSR count). The summed E-state index contributed by atoms with van der Waals surface area (Å²) in [6, 6.07) is 0.131. The molecule has 5 heteroatoms. The van der Waals surface area contributed by atoms with Crippen molar-refractivity contribution in [1.29, 1.82) is 0 Å². The Morgan fingerprint density at radius 1 is 1.45 bits per heavy atom. The van der Waals surface area contributed by atoms with E-state index in [-0.39, 0.29) is 12.1 Å². The zero-order chi connectivity index (χ0) is 14.5. The molecule has 114 valence electrons. The predicted molar refractivity (Wildman–Crippen MR) is 79.0 cm³/mol. The van der Waals surface area contributed by atoms with Gasteiger partial charge < -0.3 is 14.8 Å². The molecule has 1 N–H and O–H groups in total. The minimum Gasteiger partial charge on any atom is -0.493 e. The van der Waals surface area contributed by atoms with Gasteiger partial charge in [-0.3, -0.25) is 4.68 Å². The zero-order valence-corrected chi connectivity index (χ0v) is 13.1. The Hall–Kier alpha value is -1.07. The second kappa shape index (κ2) is 7.09. The van der Waals surface area contributed by atoms with Crippen LogP contribution in [0, 0.1) is 5.92 Å². The first-order chi connectivity index (χ1) is 9.76. The molecule has 0 spiro atoms. The summed E-state index contributed by atoms with van der Waals surface area (Å²) in [4.78, 5) is 0. The fourth-order valence-corrected chi connectivity index (χ4v) is 2.82. The van der Waals surface area contributed by atoms with Crippen molar-refractivity contribution in [2.24, 2.45) is 5.92 Å². The van der Waals surface area contributed by atoms with Crippen LogP contribution in [-0.2, 0) is 11.3 Å². The maximum atomic E-state index is 6.02. The molecular formula is C15H27N3O2. The van der Waals surface area contributed by atoms with E-state index in [0.29, 0.717) is 5.92 Å². The number of hydrogen-bond acceptors (Lipinski definition) is 4. The van der Waals surface area contributed by atoms with Crippen LogP contribution in [0.2, 0.25) is 0 Å². The number of nitrogens with one attached hydrogen (secondary N) is 1. The van der Waals surface area contributed by atoms with E-state index >= 15 is 0 Å². The lowest BCUT2D eigenvalue weighted by atomic mass is 10.0. The average Bonchev–Trinajstić information content (AvgIpc) is 3.22. The van der Waals surface area contributed by atoms with Crippen LogP contribution in [0.15, 0.2) is 6.20 Å². The standard InChI is InChI=1S/C15H27N3O2/c1-5-9-18-14(12(19-4)10-17-18)13(16-3)15(20-6-2)11-7-8-11/h10-11,13,15-16H,5-9H2,1-4H3. The van der Waals surface area contributed by atoms with Crippen molar-refractivity contribution in [2.75, 3.05) is 20.8 Å². The van der Waals surface area contributed by atoms with Gasteiger partial charge in [0.25, 0.3) is 0 Å². The monoisotopic (exact) mass is 281 g/mol. The third-order valence-corrected chi connectivity index (χ3v) is 3.88. The van der Waals surface area contributed by atoms with Crippen LogP contribution in [0.5, 0.6) is 5.75 Å². The summed E-state index contributed by atoms with van der Waals surface area (Å²) in [5.74, 6) is 1.50. The van der Waals surface area contributed by atoms with Crippen LogP contribution in [0.4, 0.5) is 0 Å². The van der Waals surface area contributed by atoms with Gasteiger partial charge in [0, 0.05) is 13.2 Å². The molecule has 2 atom stereocenters. The van der Waals surface area contributed by atoms with Crippen molar-refractivity contribution in [3.63, 3.8) is 0 Å². The number of ether oxygens (including phenoxy) is 2. The first-order valence-corrected chi connectivity index (χ1v) is 7.65. The lowest BCUT2D eigenvalue weighted by Gasteiger charge is -2.28. The molecule has 0 amide bonds. The topological polar surface area (TPSA) is 48.3 Å². The van der Waals surface area contributed by atoms with Crippen molar-refractivity contribution >= 4 is 0 Å². The summed E-state index contributed by atoms with van der Waals surface area (Å²) in [5, 5.41) is 7.88. The van der Waals surface area contributed by atoms with Crippen LogP contribution >= 0.6 is 0 Å². The van der Waals surface area contributed by atoms with Gasteiger partial charge in [0.2, 0.25) is 0 Å². The van der Waals surface area contributed by atoms with E-state index in [4.69, 9.17) is 9.47 Å². The van der Waals surface area contributed by atoms with Crippen molar-refractivity contribution in [1.82, 2.24) is 15.1 Å². The Kier molecular flexibility index (Phi) is 5.43. The maximum Gasteiger partial charge on any atom is 0.161 e. The van der Waals surface area contributed by atoms with Gasteiger partial charge >= 0.3 is 0 Å². The van der Waals surface area contributed by atoms with E-state index in [2.05, 4.69) is 28.9 Å². The summed E-state index contributed by atoms with van der Waals surface area (Å²) in [6.07, 6.45) is 5.58. The maximum absolute atomic E-state index is 6.02. The fourth-order valence-electron chi connectivity index (χ4n) is 2.82. The molecule has 0 saturated heterocycles. The van der Waals surface area contributed by atoms with Crippen molar-refractivity contribution in [3.05, 3.63) is 11.9 Å². The summed E-state index contributed by atoms with van der Waals surface area (Å²) >= 11 is 0. The van der Waals surface area contributed by atoms with Gasteiger partial charge in [-0.05, 0) is 39.2 Å². The van der Waals surface area contributed by atoms with Crippen LogP contribution in [0.1, 0.15) is 44.8 Å². The molecule has 1 aromatic rings. The third-order valence-electron chi connectivity index (χ3n) is 3.88. The van der Waals surface area contributed by atoms with E-state index in [1.807, 2.05) is 13.2 Å².